The number of aromatic amines is 1. The Labute approximate surface area is 250 Å². The molecular formula is C29H33N5O5S3. The van der Waals surface area contributed by atoms with Crippen molar-refractivity contribution in [3.05, 3.63) is 90.3 Å². The number of hydrogen-bond acceptors (Lipinski definition) is 8. The second-order valence-corrected chi connectivity index (χ2v) is 15.7. The van der Waals surface area contributed by atoms with E-state index in [0.29, 0.717) is 48.5 Å². The number of hydrogen-bond donors (Lipinski definition) is 2. The van der Waals surface area contributed by atoms with Gasteiger partial charge in [-0.15, -0.1) is 0 Å². The standard InChI is InChI=1S/C29H33N5O5S3/c1-33(42(38,39)27-12-5-6-13-30-27)26-11-7-10-23-18-25(32-28(23)26)29(35)31-19-24(40-21-22-8-3-2-4-9-22)20-34-14-16-41(36,37)17-15-34/h2-13,18,24,32H,14-17,19-21H2,1H3,(H,31,35). The van der Waals surface area contributed by atoms with Gasteiger partial charge in [0, 0.05) is 55.8 Å². The molecule has 1 unspecified atom stereocenters. The zero-order valence-electron chi connectivity index (χ0n) is 23.1. The lowest BCUT2D eigenvalue weighted by Gasteiger charge is -2.30. The van der Waals surface area contributed by atoms with E-state index in [0.717, 1.165) is 10.1 Å². The van der Waals surface area contributed by atoms with Gasteiger partial charge in [-0.25, -0.2) is 13.4 Å². The predicted molar refractivity (Wildman–Crippen MR) is 167 cm³/mol. The average Bonchev–Trinajstić information content (AvgIpc) is 3.45. The molecule has 1 aliphatic rings. The van der Waals surface area contributed by atoms with E-state index in [4.69, 9.17) is 0 Å². The van der Waals surface area contributed by atoms with Crippen molar-refractivity contribution in [3.8, 4) is 0 Å². The van der Waals surface area contributed by atoms with E-state index in [1.165, 1.54) is 24.9 Å². The summed E-state index contributed by atoms with van der Waals surface area (Å²) in [7, 11) is -5.44. The largest absolute Gasteiger partial charge is 0.350 e. The fraction of sp³-hybridized carbons (Fsp3) is 0.310. The van der Waals surface area contributed by atoms with E-state index in [1.54, 1.807) is 42.1 Å². The van der Waals surface area contributed by atoms with Crippen molar-refractivity contribution in [1.29, 1.82) is 0 Å². The van der Waals surface area contributed by atoms with Crippen LogP contribution >= 0.6 is 11.8 Å². The third-order valence-corrected chi connectivity index (χ3v) is 11.8. The molecule has 0 saturated carbocycles. The fourth-order valence-electron chi connectivity index (χ4n) is 4.78. The maximum absolute atomic E-state index is 13.3. The Kier molecular flexibility index (Phi) is 9.21. The molecule has 2 N–H and O–H groups in total. The number of thioether (sulfide) groups is 1. The molecule has 13 heteroatoms. The van der Waals surface area contributed by atoms with Crippen molar-refractivity contribution in [1.82, 2.24) is 20.2 Å². The van der Waals surface area contributed by atoms with Gasteiger partial charge in [-0.2, -0.15) is 20.2 Å². The van der Waals surface area contributed by atoms with Gasteiger partial charge in [0.2, 0.25) is 0 Å². The van der Waals surface area contributed by atoms with Gasteiger partial charge in [0.25, 0.3) is 15.9 Å². The number of amides is 1. The lowest BCUT2D eigenvalue weighted by Crippen LogP contribution is -2.45. The molecule has 2 aromatic carbocycles. The van der Waals surface area contributed by atoms with E-state index in [2.05, 4.69) is 32.3 Å². The molecule has 10 nitrogen and oxygen atoms in total. The van der Waals surface area contributed by atoms with Crippen LogP contribution in [0, 0.1) is 0 Å². The summed E-state index contributed by atoms with van der Waals surface area (Å²) in [4.78, 5) is 22.5. The van der Waals surface area contributed by atoms with E-state index in [9.17, 15) is 21.6 Å². The van der Waals surface area contributed by atoms with Crippen LogP contribution in [0.5, 0.6) is 0 Å². The minimum Gasteiger partial charge on any atom is -0.350 e. The molecule has 0 bridgehead atoms. The van der Waals surface area contributed by atoms with Gasteiger partial charge in [-0.1, -0.05) is 48.5 Å². The van der Waals surface area contributed by atoms with Crippen LogP contribution in [0.1, 0.15) is 16.1 Å². The first-order valence-electron chi connectivity index (χ1n) is 13.5. The highest BCUT2D eigenvalue weighted by molar-refractivity contribution is 7.99. The number of H-pyrrole nitrogens is 1. The van der Waals surface area contributed by atoms with Crippen LogP contribution in [-0.4, -0.2) is 87.6 Å². The lowest BCUT2D eigenvalue weighted by atomic mass is 10.2. The van der Waals surface area contributed by atoms with Gasteiger partial charge in [0.05, 0.1) is 22.7 Å². The minimum absolute atomic E-state index is 0.0320. The van der Waals surface area contributed by atoms with Crippen LogP contribution < -0.4 is 9.62 Å². The van der Waals surface area contributed by atoms with Gasteiger partial charge in [0.15, 0.2) is 14.9 Å². The highest BCUT2D eigenvalue weighted by Gasteiger charge is 2.26. The molecule has 42 heavy (non-hydrogen) atoms. The molecule has 0 aliphatic carbocycles. The highest BCUT2D eigenvalue weighted by Crippen LogP contribution is 2.30. The molecule has 0 spiro atoms. The summed E-state index contributed by atoms with van der Waals surface area (Å²) in [5.74, 6) is 0.758. The summed E-state index contributed by atoms with van der Waals surface area (Å²) in [6.07, 6.45) is 1.43. The summed E-state index contributed by atoms with van der Waals surface area (Å²) in [5.41, 5.74) is 2.41. The Morgan fingerprint density at radius 1 is 1.07 bits per heavy atom. The maximum atomic E-state index is 13.3. The van der Waals surface area contributed by atoms with Crippen LogP contribution in [0.2, 0.25) is 0 Å². The molecule has 1 saturated heterocycles. The molecule has 1 atom stereocenters. The normalized spacial score (nSPS) is 16.2. The summed E-state index contributed by atoms with van der Waals surface area (Å²) in [6.45, 7) is 2.01. The van der Waals surface area contributed by atoms with Gasteiger partial charge in [0.1, 0.15) is 5.69 Å². The van der Waals surface area contributed by atoms with Gasteiger partial charge in [-0.3, -0.25) is 9.10 Å². The Morgan fingerprint density at radius 2 is 1.81 bits per heavy atom. The third kappa shape index (κ3) is 7.14. The lowest BCUT2D eigenvalue weighted by molar-refractivity contribution is 0.0948. The van der Waals surface area contributed by atoms with Gasteiger partial charge in [-0.05, 0) is 29.8 Å². The maximum Gasteiger partial charge on any atom is 0.281 e. The van der Waals surface area contributed by atoms with E-state index in [-0.39, 0.29) is 27.7 Å². The SMILES string of the molecule is CN(c1cccc2cc(C(=O)NCC(CN3CCS(=O)(=O)CC3)SCc3ccccc3)[nH]c12)S(=O)(=O)c1ccccn1. The number of sulfonamides is 1. The zero-order valence-corrected chi connectivity index (χ0v) is 25.6. The predicted octanol–water partition coefficient (Wildman–Crippen LogP) is 3.15. The minimum atomic E-state index is -3.91. The van der Waals surface area contributed by atoms with Crippen LogP contribution in [0.4, 0.5) is 5.69 Å². The number of para-hydroxylation sites is 1. The van der Waals surface area contributed by atoms with Crippen molar-refractivity contribution in [2.45, 2.75) is 16.0 Å². The molecular weight excluding hydrogens is 595 g/mol. The topological polar surface area (TPSA) is 133 Å². The molecule has 222 valence electrons. The van der Waals surface area contributed by atoms with Crippen molar-refractivity contribution in [2.75, 3.05) is 49.0 Å². The number of nitrogens with zero attached hydrogens (tertiary/aromatic N) is 3. The first-order valence-corrected chi connectivity index (χ1v) is 17.8. The Bertz CT molecular complexity index is 1730. The number of fused-ring (bicyclic) bond motifs is 1. The average molecular weight is 628 g/mol. The van der Waals surface area contributed by atoms with E-state index >= 15 is 0 Å². The van der Waals surface area contributed by atoms with E-state index in [1.807, 2.05) is 24.3 Å². The second-order valence-electron chi connectivity index (χ2n) is 10.1. The number of sulfone groups is 1. The number of aromatic nitrogens is 2. The summed E-state index contributed by atoms with van der Waals surface area (Å²) >= 11 is 1.72. The van der Waals surface area contributed by atoms with Crippen molar-refractivity contribution < 1.29 is 21.6 Å². The second kappa shape index (κ2) is 12.9. The number of pyridine rings is 1. The monoisotopic (exact) mass is 627 g/mol. The van der Waals surface area contributed by atoms with Gasteiger partial charge < -0.3 is 15.2 Å². The quantitative estimate of drug-likeness (QED) is 0.259. The molecule has 1 fully saturated rings. The molecule has 3 heterocycles. The summed E-state index contributed by atoms with van der Waals surface area (Å²) in [6, 6.07) is 21.7. The number of benzene rings is 2. The number of anilines is 1. The molecule has 4 aromatic rings. The van der Waals surface area contributed by atoms with Gasteiger partial charge >= 0.3 is 0 Å². The molecule has 0 radical (unpaired) electrons. The Balaban J connectivity index is 1.30. The van der Waals surface area contributed by atoms with E-state index < -0.39 is 19.9 Å². The van der Waals surface area contributed by atoms with Crippen LogP contribution in [0.3, 0.4) is 0 Å². The van der Waals surface area contributed by atoms with Crippen LogP contribution in [-0.2, 0) is 25.6 Å². The van der Waals surface area contributed by atoms with Crippen LogP contribution in [0.15, 0.2) is 84.0 Å². The third-order valence-electron chi connectivity index (χ3n) is 7.20. The molecule has 1 aliphatic heterocycles. The Hall–Kier alpha value is -3.39. The first-order chi connectivity index (χ1) is 20.1. The van der Waals surface area contributed by atoms with Crippen molar-refractivity contribution >= 4 is 54.1 Å². The van der Waals surface area contributed by atoms with Crippen molar-refractivity contribution in [2.24, 2.45) is 0 Å². The Morgan fingerprint density at radius 3 is 2.52 bits per heavy atom. The first kappa shape index (κ1) is 30.1. The molecule has 2 aromatic heterocycles. The fourth-order valence-corrected chi connectivity index (χ4v) is 8.33. The zero-order chi connectivity index (χ0) is 29.7. The van der Waals surface area contributed by atoms with Crippen LogP contribution in [0.25, 0.3) is 10.9 Å². The summed E-state index contributed by atoms with van der Waals surface area (Å²) in [5, 5.41) is 3.69. The molecule has 1 amide bonds. The number of rotatable bonds is 11. The smallest absolute Gasteiger partial charge is 0.281 e. The van der Waals surface area contributed by atoms with Crippen molar-refractivity contribution in [3.63, 3.8) is 0 Å². The molecule has 5 rings (SSSR count). The summed E-state index contributed by atoms with van der Waals surface area (Å²) < 4.78 is 51.3. The number of nitrogens with one attached hydrogen (secondary N) is 2. The number of carbonyl (C=O) groups is 1. The number of carbonyl (C=O) groups excluding carboxylic acids is 1. The highest BCUT2D eigenvalue weighted by atomic mass is 32.2.